The van der Waals surface area contributed by atoms with Gasteiger partial charge in [-0.2, -0.15) is 0 Å². The molecule has 1 aliphatic carbocycles. The lowest BCUT2D eigenvalue weighted by Crippen LogP contribution is -2.52. The smallest absolute Gasteiger partial charge is 0.0961 e. The van der Waals surface area contributed by atoms with E-state index >= 15 is 0 Å². The molecule has 0 spiro atoms. The molecule has 23 heavy (non-hydrogen) atoms. The Morgan fingerprint density at radius 1 is 1.35 bits per heavy atom. The van der Waals surface area contributed by atoms with Crippen LogP contribution in [0.4, 0.5) is 11.4 Å². The first-order valence-electron chi connectivity index (χ1n) is 8.10. The number of methoxy groups -OCH3 is 1. The van der Waals surface area contributed by atoms with Crippen molar-refractivity contribution < 1.29 is 4.74 Å². The van der Waals surface area contributed by atoms with Crippen molar-refractivity contribution in [3.63, 3.8) is 0 Å². The Bertz CT molecular complexity index is 692. The molecule has 1 fully saturated rings. The van der Waals surface area contributed by atoms with E-state index in [0.29, 0.717) is 6.04 Å². The van der Waals surface area contributed by atoms with E-state index in [-0.39, 0.29) is 6.10 Å². The van der Waals surface area contributed by atoms with E-state index in [1.165, 1.54) is 28.1 Å². The Labute approximate surface area is 142 Å². The molecule has 0 saturated carbocycles. The highest BCUT2D eigenvalue weighted by atomic mass is 35.5. The Kier molecular flexibility index (Phi) is 3.84. The number of hydrogen-bond acceptors (Lipinski definition) is 4. The summed E-state index contributed by atoms with van der Waals surface area (Å²) in [4.78, 5) is 2.32. The van der Waals surface area contributed by atoms with Gasteiger partial charge in [0.2, 0.25) is 0 Å². The maximum atomic E-state index is 6.35. The van der Waals surface area contributed by atoms with E-state index < -0.39 is 0 Å². The number of nitrogens with zero attached hydrogens (tertiary/aromatic N) is 1. The van der Waals surface area contributed by atoms with Gasteiger partial charge in [-0.3, -0.25) is 0 Å². The predicted molar refractivity (Wildman–Crippen MR) is 96.0 cm³/mol. The summed E-state index contributed by atoms with van der Waals surface area (Å²) in [6.07, 6.45) is 5.08. The normalized spacial score (nSPS) is 23.9. The van der Waals surface area contributed by atoms with Crippen molar-refractivity contribution in [3.05, 3.63) is 40.4 Å². The molecule has 0 radical (unpaired) electrons. The van der Waals surface area contributed by atoms with Gasteiger partial charge < -0.3 is 20.3 Å². The summed E-state index contributed by atoms with van der Waals surface area (Å²) in [6.45, 7) is 3.14. The number of fused-ring (bicyclic) bond motifs is 1. The van der Waals surface area contributed by atoms with Gasteiger partial charge in [0, 0.05) is 31.8 Å². The number of likely N-dealkylation sites (N-methyl/N-ethyl adjacent to an activating group) is 1. The van der Waals surface area contributed by atoms with Gasteiger partial charge >= 0.3 is 0 Å². The van der Waals surface area contributed by atoms with E-state index in [9.17, 15) is 0 Å². The Morgan fingerprint density at radius 2 is 2.17 bits per heavy atom. The zero-order valence-electron chi connectivity index (χ0n) is 13.5. The minimum Gasteiger partial charge on any atom is -0.379 e. The van der Waals surface area contributed by atoms with Gasteiger partial charge in [-0.1, -0.05) is 17.7 Å². The van der Waals surface area contributed by atoms with E-state index in [1.807, 2.05) is 6.08 Å². The van der Waals surface area contributed by atoms with Crippen LogP contribution in [0.15, 0.2) is 29.3 Å². The third kappa shape index (κ3) is 2.75. The average Bonchev–Trinajstić information content (AvgIpc) is 2.47. The number of rotatable bonds is 4. The fourth-order valence-electron chi connectivity index (χ4n) is 3.47. The molecule has 1 aromatic rings. The first-order chi connectivity index (χ1) is 11.1. The zero-order valence-corrected chi connectivity index (χ0v) is 14.3. The number of anilines is 2. The lowest BCUT2D eigenvalue weighted by Gasteiger charge is -2.39. The number of hydrogen-bond donors (Lipinski definition) is 2. The zero-order chi connectivity index (χ0) is 16.0. The highest BCUT2D eigenvalue weighted by molar-refractivity contribution is 6.31. The lowest BCUT2D eigenvalue weighted by molar-refractivity contribution is 0.139. The van der Waals surface area contributed by atoms with Crippen molar-refractivity contribution in [2.24, 2.45) is 0 Å². The first kappa shape index (κ1) is 15.1. The van der Waals surface area contributed by atoms with Gasteiger partial charge in [-0.25, -0.2) is 0 Å². The molecule has 2 heterocycles. The maximum Gasteiger partial charge on any atom is 0.0961 e. The average molecular weight is 332 g/mol. The molecule has 4 rings (SSSR count). The van der Waals surface area contributed by atoms with Crippen LogP contribution in [0.3, 0.4) is 0 Å². The SMILES string of the molecule is COC1CC=C(c2cc3c(c(NC4CN(C)C4)c2)NC3)C=C1Cl. The van der Waals surface area contributed by atoms with Crippen LogP contribution in [0.5, 0.6) is 0 Å². The van der Waals surface area contributed by atoms with Crippen molar-refractivity contribution in [2.75, 3.05) is 37.9 Å². The molecule has 2 N–H and O–H groups in total. The van der Waals surface area contributed by atoms with Crippen molar-refractivity contribution in [1.29, 1.82) is 0 Å². The van der Waals surface area contributed by atoms with Crippen molar-refractivity contribution in [1.82, 2.24) is 4.90 Å². The standard InChI is InChI=1S/C18H22ClN3O/c1-22-9-14(10-22)21-16-7-12(5-13-8-20-18(13)16)11-3-4-17(23-2)15(19)6-11/h3,5-7,14,17,20-21H,4,8-10H2,1-2H3. The van der Waals surface area contributed by atoms with Gasteiger partial charge in [0.25, 0.3) is 0 Å². The highest BCUT2D eigenvalue weighted by Gasteiger charge is 2.26. The molecular formula is C18H22ClN3O. The molecule has 0 amide bonds. The number of halogens is 1. The summed E-state index contributed by atoms with van der Waals surface area (Å²) in [5.74, 6) is 0. The molecule has 0 bridgehead atoms. The van der Waals surface area contributed by atoms with Gasteiger partial charge in [0.05, 0.1) is 23.5 Å². The lowest BCUT2D eigenvalue weighted by atomic mass is 9.93. The number of allylic oxidation sites excluding steroid dienone is 2. The summed E-state index contributed by atoms with van der Waals surface area (Å²) in [5.41, 5.74) is 6.25. The fourth-order valence-corrected chi connectivity index (χ4v) is 3.77. The number of benzene rings is 1. The predicted octanol–water partition coefficient (Wildman–Crippen LogP) is 3.26. The molecule has 1 unspecified atom stereocenters. The van der Waals surface area contributed by atoms with Crippen molar-refractivity contribution >= 4 is 28.5 Å². The molecule has 1 saturated heterocycles. The number of ether oxygens (including phenoxy) is 1. The third-order valence-electron chi connectivity index (χ3n) is 4.87. The van der Waals surface area contributed by atoms with Crippen molar-refractivity contribution in [3.8, 4) is 0 Å². The molecule has 3 aliphatic rings. The molecule has 0 aromatic heterocycles. The van der Waals surface area contributed by atoms with Crippen LogP contribution >= 0.6 is 11.6 Å². The second kappa shape index (κ2) is 5.86. The van der Waals surface area contributed by atoms with Crippen LogP contribution in [-0.4, -0.2) is 44.3 Å². The largest absolute Gasteiger partial charge is 0.379 e. The van der Waals surface area contributed by atoms with E-state index in [0.717, 1.165) is 31.1 Å². The summed E-state index contributed by atoms with van der Waals surface area (Å²) in [5, 5.41) is 7.87. The summed E-state index contributed by atoms with van der Waals surface area (Å²) >= 11 is 6.35. The topological polar surface area (TPSA) is 36.5 Å². The molecule has 4 nitrogen and oxygen atoms in total. The second-order valence-corrected chi connectivity index (χ2v) is 7.06. The molecule has 1 aromatic carbocycles. The summed E-state index contributed by atoms with van der Waals surface area (Å²) in [7, 11) is 3.85. The minimum atomic E-state index is -0.00292. The van der Waals surface area contributed by atoms with Crippen LogP contribution in [0.25, 0.3) is 5.57 Å². The van der Waals surface area contributed by atoms with E-state index in [4.69, 9.17) is 16.3 Å². The Balaban J connectivity index is 1.60. The maximum absolute atomic E-state index is 6.35. The van der Waals surface area contributed by atoms with E-state index in [2.05, 4.69) is 40.8 Å². The number of likely N-dealkylation sites (tertiary alicyclic amines) is 1. The number of nitrogens with one attached hydrogen (secondary N) is 2. The minimum absolute atomic E-state index is 0.00292. The van der Waals surface area contributed by atoms with Crippen LogP contribution < -0.4 is 10.6 Å². The fraction of sp³-hybridized carbons (Fsp3) is 0.444. The van der Waals surface area contributed by atoms with Crippen LogP contribution in [0.1, 0.15) is 17.5 Å². The summed E-state index contributed by atoms with van der Waals surface area (Å²) in [6, 6.07) is 5.05. The molecule has 2 aliphatic heterocycles. The molecule has 1 atom stereocenters. The van der Waals surface area contributed by atoms with Gasteiger partial charge in [0.1, 0.15) is 0 Å². The van der Waals surface area contributed by atoms with Crippen LogP contribution in [-0.2, 0) is 11.3 Å². The second-order valence-electron chi connectivity index (χ2n) is 6.62. The van der Waals surface area contributed by atoms with Crippen molar-refractivity contribution in [2.45, 2.75) is 25.1 Å². The quantitative estimate of drug-likeness (QED) is 0.888. The Hall–Kier alpha value is -1.49. The monoisotopic (exact) mass is 331 g/mol. The first-order valence-corrected chi connectivity index (χ1v) is 8.48. The summed E-state index contributed by atoms with van der Waals surface area (Å²) < 4.78 is 5.38. The Morgan fingerprint density at radius 3 is 2.78 bits per heavy atom. The third-order valence-corrected chi connectivity index (χ3v) is 5.22. The van der Waals surface area contributed by atoms with Gasteiger partial charge in [0.15, 0.2) is 0 Å². The van der Waals surface area contributed by atoms with Gasteiger partial charge in [-0.05, 0) is 48.4 Å². The molecular weight excluding hydrogens is 310 g/mol. The van der Waals surface area contributed by atoms with Crippen LogP contribution in [0, 0.1) is 0 Å². The highest BCUT2D eigenvalue weighted by Crippen LogP contribution is 2.39. The van der Waals surface area contributed by atoms with Gasteiger partial charge in [-0.15, -0.1) is 0 Å². The van der Waals surface area contributed by atoms with Crippen LogP contribution in [0.2, 0.25) is 0 Å². The molecule has 5 heteroatoms. The molecule has 122 valence electrons. The van der Waals surface area contributed by atoms with E-state index in [1.54, 1.807) is 7.11 Å².